The summed E-state index contributed by atoms with van der Waals surface area (Å²) in [5.74, 6) is -2.28. The molecule has 0 spiro atoms. The van der Waals surface area contributed by atoms with E-state index in [1.54, 1.807) is 92.8 Å². The van der Waals surface area contributed by atoms with E-state index in [4.69, 9.17) is 10.5 Å². The predicted octanol–water partition coefficient (Wildman–Crippen LogP) is 6.72. The second-order valence-corrected chi connectivity index (χ2v) is 15.0. The lowest BCUT2D eigenvalue weighted by atomic mass is 9.84. The van der Waals surface area contributed by atoms with Crippen LogP contribution in [0.4, 0.5) is 18.0 Å². The highest BCUT2D eigenvalue weighted by molar-refractivity contribution is 7.89. The normalized spacial score (nSPS) is 14.2. The number of aliphatic hydroxyl groups is 1. The fraction of sp³-hybridized carbons (Fsp3) is 0.278. The molecule has 5 aromatic rings. The predicted molar refractivity (Wildman–Crippen MR) is 187 cm³/mol. The van der Waals surface area contributed by atoms with Gasteiger partial charge in [-0.05, 0) is 61.4 Å². The van der Waals surface area contributed by atoms with Crippen molar-refractivity contribution in [2.45, 2.75) is 55.0 Å². The van der Waals surface area contributed by atoms with Crippen LogP contribution in [0.1, 0.15) is 52.7 Å². The number of methoxy groups -OCH3 is 1. The van der Waals surface area contributed by atoms with Crippen molar-refractivity contribution >= 4 is 44.3 Å². The molecule has 15 heteroatoms. The molecule has 0 bridgehead atoms. The average Bonchev–Trinajstić information content (AvgIpc) is 3.78. The number of halogens is 3. The van der Waals surface area contributed by atoms with E-state index in [1.165, 1.54) is 18.2 Å². The molecule has 2 heterocycles. The van der Waals surface area contributed by atoms with Crippen molar-refractivity contribution in [2.75, 3.05) is 13.7 Å². The van der Waals surface area contributed by atoms with E-state index in [0.29, 0.717) is 33.4 Å². The lowest BCUT2D eigenvalue weighted by Gasteiger charge is -2.34. The summed E-state index contributed by atoms with van der Waals surface area (Å²) >= 11 is 0.514. The van der Waals surface area contributed by atoms with Crippen molar-refractivity contribution in [1.29, 1.82) is 0 Å². The Morgan fingerprint density at radius 2 is 1.51 bits per heavy atom. The van der Waals surface area contributed by atoms with Gasteiger partial charge in [-0.2, -0.15) is 17.5 Å². The molecule has 5 rings (SSSR count). The Kier molecular flexibility index (Phi) is 11.4. The number of aromatic nitrogens is 1. The first kappa shape index (κ1) is 37.7. The third-order valence-electron chi connectivity index (χ3n) is 8.47. The van der Waals surface area contributed by atoms with E-state index in [2.05, 4.69) is 4.98 Å². The van der Waals surface area contributed by atoms with Crippen molar-refractivity contribution in [3.05, 3.63) is 124 Å². The van der Waals surface area contributed by atoms with E-state index in [1.807, 2.05) is 0 Å². The number of thiophene rings is 1. The first-order chi connectivity index (χ1) is 24.2. The number of ether oxygens (including phenoxy) is 1. The average molecular weight is 743 g/mol. The van der Waals surface area contributed by atoms with Crippen LogP contribution in [-0.2, 0) is 19.6 Å². The molecule has 0 saturated heterocycles. The number of alkyl halides is 3. The third kappa shape index (κ3) is 7.72. The molecule has 0 aliphatic carbocycles. The van der Waals surface area contributed by atoms with Gasteiger partial charge >= 0.3 is 12.3 Å². The van der Waals surface area contributed by atoms with E-state index >= 15 is 13.2 Å². The fourth-order valence-corrected chi connectivity index (χ4v) is 9.31. The van der Waals surface area contributed by atoms with Gasteiger partial charge in [-0.25, -0.2) is 18.1 Å². The summed E-state index contributed by atoms with van der Waals surface area (Å²) in [5.41, 5.74) is 8.26. The fourth-order valence-electron chi connectivity index (χ4n) is 6.20. The summed E-state index contributed by atoms with van der Waals surface area (Å²) in [7, 11) is -3.45. The Balaban J connectivity index is 1.56. The van der Waals surface area contributed by atoms with Gasteiger partial charge in [0.25, 0.3) is 5.91 Å². The molecule has 3 aromatic carbocycles. The number of imide groups is 1. The third-order valence-corrected chi connectivity index (χ3v) is 11.8. The van der Waals surface area contributed by atoms with E-state index in [-0.39, 0.29) is 14.7 Å². The zero-order valence-corrected chi connectivity index (χ0v) is 29.5. The summed E-state index contributed by atoms with van der Waals surface area (Å²) < 4.78 is 79.1. The maximum atomic E-state index is 15.1. The molecule has 2 aromatic heterocycles. The monoisotopic (exact) mass is 742 g/mol. The highest BCUT2D eigenvalue weighted by Gasteiger charge is 2.52. The molecule has 4 N–H and O–H groups in total. The highest BCUT2D eigenvalue weighted by atomic mass is 32.2. The number of amides is 2. The van der Waals surface area contributed by atoms with Gasteiger partial charge in [0, 0.05) is 38.8 Å². The summed E-state index contributed by atoms with van der Waals surface area (Å²) in [4.78, 5) is 29.7. The van der Waals surface area contributed by atoms with Crippen LogP contribution in [0.5, 0.6) is 0 Å². The summed E-state index contributed by atoms with van der Waals surface area (Å²) in [5, 5.41) is 11.2. The van der Waals surface area contributed by atoms with Gasteiger partial charge in [-0.3, -0.25) is 4.79 Å². The van der Waals surface area contributed by atoms with Crippen molar-refractivity contribution in [1.82, 2.24) is 14.2 Å². The zero-order chi connectivity index (χ0) is 37.1. The molecule has 10 nitrogen and oxygen atoms in total. The molecule has 270 valence electrons. The number of hydrogen-bond acceptors (Lipinski definition) is 8. The van der Waals surface area contributed by atoms with Gasteiger partial charge in [0.1, 0.15) is 0 Å². The standard InChI is InChI=1S/C36H37F3N4O6S2/c1-22(2)43(51(47,48)26-14-15-27-25(20-26)18-19-41-27)28(21-44)29-16-17-30(50-29)33(36(37,38)39)42(35(46)49-3)34(45)32(40)31(23-10-6-4-7-11-23)24-12-8-5-9-13-24/h4-20,22,28,31-33,41,44H,21,40H2,1-3H3/t28-,32+,33-/m1/s1. The number of carbonyl (C=O) groups is 2. The first-order valence-corrected chi connectivity index (χ1v) is 18.1. The highest BCUT2D eigenvalue weighted by Crippen LogP contribution is 2.44. The topological polar surface area (TPSA) is 146 Å². The lowest BCUT2D eigenvalue weighted by Crippen LogP contribution is -2.53. The van der Waals surface area contributed by atoms with Gasteiger partial charge in [-0.1, -0.05) is 60.7 Å². The van der Waals surface area contributed by atoms with E-state index in [0.717, 1.165) is 17.5 Å². The van der Waals surface area contributed by atoms with Crippen LogP contribution in [0, 0.1) is 0 Å². The van der Waals surface area contributed by atoms with Crippen LogP contribution in [-0.4, -0.2) is 71.7 Å². The minimum absolute atomic E-state index is 0.0316. The quantitative estimate of drug-likeness (QED) is 0.129. The summed E-state index contributed by atoms with van der Waals surface area (Å²) in [6.45, 7) is 2.38. The number of sulfonamides is 1. The van der Waals surface area contributed by atoms with E-state index < -0.39 is 69.8 Å². The number of nitrogens with two attached hydrogens (primary N) is 1. The van der Waals surface area contributed by atoms with Gasteiger partial charge in [-0.15, -0.1) is 11.3 Å². The zero-order valence-electron chi connectivity index (χ0n) is 27.8. The molecule has 0 saturated carbocycles. The van der Waals surface area contributed by atoms with Crippen molar-refractivity contribution in [3.8, 4) is 0 Å². The van der Waals surface area contributed by atoms with Crippen LogP contribution >= 0.6 is 11.3 Å². The number of carbonyl (C=O) groups excluding carboxylic acids is 2. The lowest BCUT2D eigenvalue weighted by molar-refractivity contribution is -0.186. The number of aromatic amines is 1. The number of nitrogens with zero attached hydrogens (tertiary/aromatic N) is 2. The smallest absolute Gasteiger partial charge is 0.417 e. The molecule has 0 fully saturated rings. The van der Waals surface area contributed by atoms with Gasteiger partial charge in [0.2, 0.25) is 10.0 Å². The molecule has 2 amide bonds. The molecule has 3 atom stereocenters. The van der Waals surface area contributed by atoms with Gasteiger partial charge < -0.3 is 20.6 Å². The molecule has 0 radical (unpaired) electrons. The minimum Gasteiger partial charge on any atom is -0.452 e. The molecular formula is C36H37F3N4O6S2. The Labute approximate surface area is 297 Å². The number of H-pyrrole nitrogens is 1. The second kappa shape index (κ2) is 15.4. The Bertz CT molecular complexity index is 2030. The Morgan fingerprint density at radius 3 is 2.04 bits per heavy atom. The summed E-state index contributed by atoms with van der Waals surface area (Å²) in [6, 6.07) is 18.9. The maximum Gasteiger partial charge on any atom is 0.417 e. The molecular weight excluding hydrogens is 706 g/mol. The largest absolute Gasteiger partial charge is 0.452 e. The first-order valence-electron chi connectivity index (χ1n) is 15.8. The second-order valence-electron chi connectivity index (χ2n) is 12.0. The van der Waals surface area contributed by atoms with E-state index in [9.17, 15) is 23.1 Å². The number of rotatable bonds is 12. The number of nitrogens with one attached hydrogen (secondary N) is 1. The Morgan fingerprint density at radius 1 is 0.922 bits per heavy atom. The Hall–Kier alpha value is -4.54. The van der Waals surface area contributed by atoms with Gasteiger partial charge in [0.05, 0.1) is 30.7 Å². The molecule has 0 aliphatic rings. The maximum absolute atomic E-state index is 15.1. The summed E-state index contributed by atoms with van der Waals surface area (Å²) in [6.07, 6.45) is -5.15. The number of aliphatic hydroxyl groups excluding tert-OH is 1. The minimum atomic E-state index is -5.22. The molecule has 0 aliphatic heterocycles. The van der Waals surface area contributed by atoms with Crippen molar-refractivity contribution in [3.63, 3.8) is 0 Å². The van der Waals surface area contributed by atoms with Crippen molar-refractivity contribution < 1.29 is 41.0 Å². The molecule has 0 unspecified atom stereocenters. The van der Waals surface area contributed by atoms with Gasteiger partial charge in [0.15, 0.2) is 6.04 Å². The van der Waals surface area contributed by atoms with Crippen LogP contribution < -0.4 is 5.73 Å². The number of benzene rings is 3. The SMILES string of the molecule is COC(=O)N(C(=O)[C@@H](N)C(c1ccccc1)c1ccccc1)[C@H](c1ccc([C@@H](CO)N(C(C)C)S(=O)(=O)c2ccc3[nH]ccc3c2)s1)C(F)(F)F. The van der Waals surface area contributed by atoms with Crippen LogP contribution in [0.25, 0.3) is 10.9 Å². The van der Waals surface area contributed by atoms with Crippen molar-refractivity contribution in [2.24, 2.45) is 5.73 Å². The number of hydrogen-bond donors (Lipinski definition) is 3. The molecule has 51 heavy (non-hydrogen) atoms. The van der Waals surface area contributed by atoms with Crippen LogP contribution in [0.2, 0.25) is 0 Å². The number of fused-ring (bicyclic) bond motifs is 1. The van der Waals surface area contributed by atoms with Crippen LogP contribution in [0.15, 0.2) is 108 Å². The van der Waals surface area contributed by atoms with Crippen LogP contribution in [0.3, 0.4) is 0 Å².